The van der Waals surface area contributed by atoms with Crippen LogP contribution in [0.25, 0.3) is 0 Å². The summed E-state index contributed by atoms with van der Waals surface area (Å²) < 4.78 is 0. The van der Waals surface area contributed by atoms with E-state index < -0.39 is 0 Å². The Morgan fingerprint density at radius 1 is 1.26 bits per heavy atom. The van der Waals surface area contributed by atoms with Gasteiger partial charge in [0.25, 0.3) is 0 Å². The topological polar surface area (TPSA) is 32.3 Å². The first-order chi connectivity index (χ1) is 9.25. The number of rotatable bonds is 2. The monoisotopic (exact) mass is 258 g/mol. The average Bonchev–Trinajstić information content (AvgIpc) is 2.85. The Kier molecular flexibility index (Phi) is 3.56. The lowest BCUT2D eigenvalue weighted by molar-refractivity contribution is -0.125. The number of fused-ring (bicyclic) bond motifs is 1. The van der Waals surface area contributed by atoms with Gasteiger partial charge < -0.3 is 5.32 Å². The third kappa shape index (κ3) is 2.52. The van der Waals surface area contributed by atoms with Crippen molar-refractivity contribution in [3.8, 4) is 0 Å². The number of hydrogen-bond acceptors (Lipinski definition) is 2. The number of likely N-dealkylation sites (tertiary alicyclic amines) is 1. The van der Waals surface area contributed by atoms with Crippen molar-refractivity contribution in [1.82, 2.24) is 10.2 Å². The van der Waals surface area contributed by atoms with Crippen LogP contribution in [0, 0.1) is 0 Å². The maximum absolute atomic E-state index is 12.4. The van der Waals surface area contributed by atoms with Crippen molar-refractivity contribution in [3.05, 3.63) is 35.4 Å². The highest BCUT2D eigenvalue weighted by atomic mass is 16.2. The van der Waals surface area contributed by atoms with Gasteiger partial charge in [0, 0.05) is 0 Å². The van der Waals surface area contributed by atoms with Gasteiger partial charge in [-0.15, -0.1) is 0 Å². The highest BCUT2D eigenvalue weighted by Gasteiger charge is 2.30. The largest absolute Gasteiger partial charge is 0.348 e. The third-order valence-corrected chi connectivity index (χ3v) is 4.51. The minimum atomic E-state index is 0.0779. The van der Waals surface area contributed by atoms with Crippen LogP contribution in [0.3, 0.4) is 0 Å². The van der Waals surface area contributed by atoms with Crippen molar-refractivity contribution in [2.45, 2.75) is 44.2 Å². The summed E-state index contributed by atoms with van der Waals surface area (Å²) in [6, 6.07) is 8.81. The molecule has 1 N–H and O–H groups in total. The molecule has 0 spiro atoms. The van der Waals surface area contributed by atoms with Gasteiger partial charge in [0.05, 0.1) is 12.1 Å². The first-order valence-electron chi connectivity index (χ1n) is 7.34. The molecule has 0 saturated carbocycles. The zero-order valence-electron chi connectivity index (χ0n) is 11.6. The quantitative estimate of drug-likeness (QED) is 0.882. The molecule has 3 heteroatoms. The van der Waals surface area contributed by atoms with Crippen LogP contribution in [0.1, 0.15) is 42.9 Å². The van der Waals surface area contributed by atoms with Gasteiger partial charge in [-0.05, 0) is 56.8 Å². The molecule has 1 fully saturated rings. The van der Waals surface area contributed by atoms with E-state index in [1.165, 1.54) is 17.5 Å². The highest BCUT2D eigenvalue weighted by Crippen LogP contribution is 2.30. The van der Waals surface area contributed by atoms with Crippen molar-refractivity contribution in [2.24, 2.45) is 0 Å². The molecular formula is C16H22N2O. The zero-order valence-corrected chi connectivity index (χ0v) is 11.6. The Labute approximate surface area is 115 Å². The molecule has 2 unspecified atom stereocenters. The lowest BCUT2D eigenvalue weighted by Gasteiger charge is -2.28. The lowest BCUT2D eigenvalue weighted by atomic mass is 9.87. The molecular weight excluding hydrogens is 236 g/mol. The molecule has 0 aromatic heterocycles. The second-order valence-electron chi connectivity index (χ2n) is 5.79. The summed E-state index contributed by atoms with van der Waals surface area (Å²) >= 11 is 0. The van der Waals surface area contributed by atoms with Gasteiger partial charge in [0.2, 0.25) is 5.91 Å². The molecule has 1 aromatic rings. The number of carbonyl (C=O) groups is 1. The molecule has 1 aromatic carbocycles. The molecule has 1 aliphatic heterocycles. The SMILES string of the molecule is CN1CCCC1C(=O)NC1CCCc2ccccc21. The van der Waals surface area contributed by atoms with Gasteiger partial charge in [-0.3, -0.25) is 9.69 Å². The number of nitrogens with zero attached hydrogens (tertiary/aromatic N) is 1. The standard InChI is InChI=1S/C16H22N2O/c1-18-11-5-10-15(18)16(19)17-14-9-4-7-12-6-2-3-8-13(12)14/h2-3,6,8,14-15H,4-5,7,9-11H2,1H3,(H,17,19). The molecule has 1 aliphatic carbocycles. The molecule has 0 radical (unpaired) electrons. The molecule has 3 rings (SSSR count). The van der Waals surface area contributed by atoms with Crippen LogP contribution in [-0.4, -0.2) is 30.4 Å². The van der Waals surface area contributed by atoms with Gasteiger partial charge in [-0.1, -0.05) is 24.3 Å². The fourth-order valence-corrected chi connectivity index (χ4v) is 3.41. The predicted octanol–water partition coefficient (Wildman–Crippen LogP) is 2.27. The third-order valence-electron chi connectivity index (χ3n) is 4.51. The van der Waals surface area contributed by atoms with Gasteiger partial charge in [0.1, 0.15) is 0 Å². The summed E-state index contributed by atoms with van der Waals surface area (Å²) in [7, 11) is 2.05. The Hall–Kier alpha value is -1.35. The molecule has 3 nitrogen and oxygen atoms in total. The number of aryl methyl sites for hydroxylation is 1. The predicted molar refractivity (Wildman–Crippen MR) is 75.9 cm³/mol. The number of nitrogens with one attached hydrogen (secondary N) is 1. The van der Waals surface area contributed by atoms with E-state index >= 15 is 0 Å². The fraction of sp³-hybridized carbons (Fsp3) is 0.562. The summed E-state index contributed by atoms with van der Waals surface area (Å²) in [5.41, 5.74) is 2.72. The summed E-state index contributed by atoms with van der Waals surface area (Å²) in [4.78, 5) is 14.6. The number of amides is 1. The summed E-state index contributed by atoms with van der Waals surface area (Å²) in [6.45, 7) is 1.04. The summed E-state index contributed by atoms with van der Waals surface area (Å²) in [5.74, 6) is 0.210. The minimum absolute atomic E-state index is 0.0779. The molecule has 1 heterocycles. The van der Waals surface area contributed by atoms with E-state index in [0.717, 1.165) is 32.2 Å². The van der Waals surface area contributed by atoms with E-state index in [-0.39, 0.29) is 18.0 Å². The molecule has 1 saturated heterocycles. The van der Waals surface area contributed by atoms with Gasteiger partial charge in [-0.2, -0.15) is 0 Å². The van der Waals surface area contributed by atoms with Crippen LogP contribution in [0.5, 0.6) is 0 Å². The maximum Gasteiger partial charge on any atom is 0.237 e. The fourth-order valence-electron chi connectivity index (χ4n) is 3.41. The normalized spacial score (nSPS) is 27.0. The Balaban J connectivity index is 1.72. The molecule has 102 valence electrons. The van der Waals surface area contributed by atoms with Crippen molar-refractivity contribution >= 4 is 5.91 Å². The van der Waals surface area contributed by atoms with Crippen LogP contribution in [0.15, 0.2) is 24.3 Å². The maximum atomic E-state index is 12.4. The highest BCUT2D eigenvalue weighted by molar-refractivity contribution is 5.82. The van der Waals surface area contributed by atoms with Crippen LogP contribution < -0.4 is 5.32 Å². The second kappa shape index (κ2) is 5.33. The Morgan fingerprint density at radius 2 is 2.11 bits per heavy atom. The van der Waals surface area contributed by atoms with E-state index in [9.17, 15) is 4.79 Å². The van der Waals surface area contributed by atoms with E-state index in [4.69, 9.17) is 0 Å². The van der Waals surface area contributed by atoms with Gasteiger partial charge in [-0.25, -0.2) is 0 Å². The Morgan fingerprint density at radius 3 is 2.89 bits per heavy atom. The molecule has 19 heavy (non-hydrogen) atoms. The molecule has 1 amide bonds. The van der Waals surface area contributed by atoms with Crippen LogP contribution >= 0.6 is 0 Å². The number of likely N-dealkylation sites (N-methyl/N-ethyl adjacent to an activating group) is 1. The minimum Gasteiger partial charge on any atom is -0.348 e. The van der Waals surface area contributed by atoms with E-state index in [0.29, 0.717) is 0 Å². The van der Waals surface area contributed by atoms with E-state index in [1.54, 1.807) is 0 Å². The van der Waals surface area contributed by atoms with Crippen LogP contribution in [-0.2, 0) is 11.2 Å². The average molecular weight is 258 g/mol. The second-order valence-corrected chi connectivity index (χ2v) is 5.79. The molecule has 2 atom stereocenters. The summed E-state index contributed by atoms with van der Waals surface area (Å²) in [5, 5.41) is 3.27. The van der Waals surface area contributed by atoms with Gasteiger partial charge in [0.15, 0.2) is 0 Å². The first kappa shape index (κ1) is 12.7. The summed E-state index contributed by atoms with van der Waals surface area (Å²) in [6.07, 6.45) is 5.51. The number of benzene rings is 1. The van der Waals surface area contributed by atoms with Gasteiger partial charge >= 0.3 is 0 Å². The lowest BCUT2D eigenvalue weighted by Crippen LogP contribution is -2.43. The number of hydrogen-bond donors (Lipinski definition) is 1. The van der Waals surface area contributed by atoms with Crippen molar-refractivity contribution < 1.29 is 4.79 Å². The van der Waals surface area contributed by atoms with Crippen LogP contribution in [0.2, 0.25) is 0 Å². The Bertz CT molecular complexity index is 472. The smallest absolute Gasteiger partial charge is 0.237 e. The van der Waals surface area contributed by atoms with E-state index in [1.807, 2.05) is 7.05 Å². The van der Waals surface area contributed by atoms with E-state index in [2.05, 4.69) is 34.5 Å². The van der Waals surface area contributed by atoms with Crippen molar-refractivity contribution in [1.29, 1.82) is 0 Å². The zero-order chi connectivity index (χ0) is 13.2. The molecule has 2 aliphatic rings. The van der Waals surface area contributed by atoms with Crippen molar-refractivity contribution in [2.75, 3.05) is 13.6 Å². The number of carbonyl (C=O) groups excluding carboxylic acids is 1. The molecule has 0 bridgehead atoms. The van der Waals surface area contributed by atoms with Crippen LogP contribution in [0.4, 0.5) is 0 Å². The first-order valence-corrected chi connectivity index (χ1v) is 7.34. The van der Waals surface area contributed by atoms with Crippen molar-refractivity contribution in [3.63, 3.8) is 0 Å².